The van der Waals surface area contributed by atoms with Gasteiger partial charge in [-0.25, -0.2) is 0 Å². The first-order valence-electron chi connectivity index (χ1n) is 4.07. The molecule has 60 valence electrons. The Morgan fingerprint density at radius 1 is 1.55 bits per heavy atom. The Morgan fingerprint density at radius 2 is 2.27 bits per heavy atom. The summed E-state index contributed by atoms with van der Waals surface area (Å²) in [4.78, 5) is 2.99. The van der Waals surface area contributed by atoms with Crippen molar-refractivity contribution in [2.24, 2.45) is 0 Å². The summed E-state index contributed by atoms with van der Waals surface area (Å²) in [5, 5.41) is 3.41. The van der Waals surface area contributed by atoms with E-state index in [2.05, 4.69) is 25.2 Å². The second-order valence-corrected chi connectivity index (χ2v) is 4.47. The molecule has 1 N–H and O–H groups in total. The number of aryl methyl sites for hydroxylation is 2. The third-order valence-corrected chi connectivity index (χ3v) is 3.62. The molecule has 11 heavy (non-hydrogen) atoms. The minimum absolute atomic E-state index is 0.674. The molecule has 2 heterocycles. The van der Waals surface area contributed by atoms with Gasteiger partial charge >= 0.3 is 0 Å². The van der Waals surface area contributed by atoms with Crippen molar-refractivity contribution >= 4 is 11.3 Å². The van der Waals surface area contributed by atoms with E-state index in [9.17, 15) is 0 Å². The molecule has 1 saturated heterocycles. The van der Waals surface area contributed by atoms with Crippen molar-refractivity contribution in [3.8, 4) is 0 Å². The Kier molecular flexibility index (Phi) is 1.74. The van der Waals surface area contributed by atoms with Crippen molar-refractivity contribution in [2.75, 3.05) is 6.54 Å². The van der Waals surface area contributed by atoms with Crippen LogP contribution in [0.2, 0.25) is 0 Å². The quantitative estimate of drug-likeness (QED) is 0.677. The van der Waals surface area contributed by atoms with Crippen molar-refractivity contribution in [3.63, 3.8) is 0 Å². The molecule has 0 bridgehead atoms. The minimum atomic E-state index is 0.674. The SMILES string of the molecule is Cc1cc([C@H]2CCN2)sc1C. The Morgan fingerprint density at radius 3 is 2.64 bits per heavy atom. The average Bonchev–Trinajstić information content (AvgIpc) is 2.08. The van der Waals surface area contributed by atoms with Crippen LogP contribution in [0.25, 0.3) is 0 Å². The molecule has 2 rings (SSSR count). The van der Waals surface area contributed by atoms with Crippen LogP contribution in [0.3, 0.4) is 0 Å². The molecule has 1 aliphatic rings. The second-order valence-electron chi connectivity index (χ2n) is 3.18. The Labute approximate surface area is 71.4 Å². The van der Waals surface area contributed by atoms with Gasteiger partial charge in [0.2, 0.25) is 0 Å². The van der Waals surface area contributed by atoms with Crippen LogP contribution in [0.5, 0.6) is 0 Å². The summed E-state index contributed by atoms with van der Waals surface area (Å²) in [7, 11) is 0. The molecule has 1 aromatic heterocycles. The van der Waals surface area contributed by atoms with Gasteiger partial charge in [0.15, 0.2) is 0 Å². The molecule has 0 unspecified atom stereocenters. The first-order valence-corrected chi connectivity index (χ1v) is 4.89. The lowest BCUT2D eigenvalue weighted by molar-refractivity contribution is 0.389. The molecule has 1 aromatic rings. The van der Waals surface area contributed by atoms with Crippen molar-refractivity contribution in [3.05, 3.63) is 21.4 Å². The van der Waals surface area contributed by atoms with E-state index < -0.39 is 0 Å². The van der Waals surface area contributed by atoms with E-state index in [4.69, 9.17) is 0 Å². The zero-order valence-electron chi connectivity index (χ0n) is 6.98. The van der Waals surface area contributed by atoms with E-state index in [0.717, 1.165) is 0 Å². The lowest BCUT2D eigenvalue weighted by Crippen LogP contribution is -2.34. The molecule has 1 nitrogen and oxygen atoms in total. The van der Waals surface area contributed by atoms with Crippen LogP contribution in [0.1, 0.15) is 27.8 Å². The monoisotopic (exact) mass is 167 g/mol. The maximum atomic E-state index is 3.41. The third kappa shape index (κ3) is 1.21. The van der Waals surface area contributed by atoms with Gasteiger partial charge in [-0.3, -0.25) is 0 Å². The summed E-state index contributed by atoms with van der Waals surface area (Å²) < 4.78 is 0. The molecule has 0 aromatic carbocycles. The van der Waals surface area contributed by atoms with Gasteiger partial charge in [-0.1, -0.05) is 0 Å². The largest absolute Gasteiger partial charge is 0.309 e. The standard InChI is InChI=1S/C9H13NS/c1-6-5-9(11-7(6)2)8-3-4-10-8/h5,8,10H,3-4H2,1-2H3/t8-/m1/s1. The molecule has 0 saturated carbocycles. The normalized spacial score (nSPS) is 23.3. The van der Waals surface area contributed by atoms with Crippen LogP contribution >= 0.6 is 11.3 Å². The Bertz CT molecular complexity index is 241. The van der Waals surface area contributed by atoms with Crippen molar-refractivity contribution in [1.82, 2.24) is 5.32 Å². The van der Waals surface area contributed by atoms with Gasteiger partial charge in [-0.05, 0) is 38.4 Å². The van der Waals surface area contributed by atoms with E-state index in [1.165, 1.54) is 28.3 Å². The van der Waals surface area contributed by atoms with E-state index in [0.29, 0.717) is 6.04 Å². The fraction of sp³-hybridized carbons (Fsp3) is 0.556. The summed E-state index contributed by atoms with van der Waals surface area (Å²) in [6.07, 6.45) is 1.32. The van der Waals surface area contributed by atoms with E-state index in [1.54, 1.807) is 0 Å². The van der Waals surface area contributed by atoms with Gasteiger partial charge in [-0.2, -0.15) is 0 Å². The van der Waals surface area contributed by atoms with Gasteiger partial charge in [0.05, 0.1) is 0 Å². The van der Waals surface area contributed by atoms with Crippen LogP contribution in [-0.2, 0) is 0 Å². The Hall–Kier alpha value is -0.340. The summed E-state index contributed by atoms with van der Waals surface area (Å²) >= 11 is 1.94. The summed E-state index contributed by atoms with van der Waals surface area (Å²) in [6, 6.07) is 2.99. The Balaban J connectivity index is 2.24. The minimum Gasteiger partial charge on any atom is -0.309 e. The van der Waals surface area contributed by atoms with E-state index in [1.807, 2.05) is 11.3 Å². The number of hydrogen-bond acceptors (Lipinski definition) is 2. The zero-order valence-corrected chi connectivity index (χ0v) is 7.79. The lowest BCUT2D eigenvalue weighted by Gasteiger charge is -2.26. The van der Waals surface area contributed by atoms with Gasteiger partial charge < -0.3 is 5.32 Å². The maximum absolute atomic E-state index is 3.41. The smallest absolute Gasteiger partial charge is 0.0427 e. The predicted molar refractivity (Wildman–Crippen MR) is 49.2 cm³/mol. The van der Waals surface area contributed by atoms with Crippen LogP contribution in [-0.4, -0.2) is 6.54 Å². The molecular formula is C9H13NS. The van der Waals surface area contributed by atoms with Crippen LogP contribution in [0.4, 0.5) is 0 Å². The van der Waals surface area contributed by atoms with E-state index in [-0.39, 0.29) is 0 Å². The third-order valence-electron chi connectivity index (χ3n) is 2.35. The topological polar surface area (TPSA) is 12.0 Å². The van der Waals surface area contributed by atoms with E-state index >= 15 is 0 Å². The molecule has 1 aliphatic heterocycles. The summed E-state index contributed by atoms with van der Waals surface area (Å²) in [6.45, 7) is 5.58. The summed E-state index contributed by atoms with van der Waals surface area (Å²) in [5.74, 6) is 0. The number of rotatable bonds is 1. The molecule has 0 aliphatic carbocycles. The molecule has 1 fully saturated rings. The van der Waals surface area contributed by atoms with Gasteiger partial charge in [0, 0.05) is 15.8 Å². The summed E-state index contributed by atoms with van der Waals surface area (Å²) in [5.41, 5.74) is 1.44. The van der Waals surface area contributed by atoms with Crippen LogP contribution in [0.15, 0.2) is 6.07 Å². The first kappa shape index (κ1) is 7.32. The number of thiophene rings is 1. The molecule has 0 amide bonds. The highest BCUT2D eigenvalue weighted by molar-refractivity contribution is 7.12. The van der Waals surface area contributed by atoms with Gasteiger partial charge in [0.25, 0.3) is 0 Å². The first-order chi connectivity index (χ1) is 5.27. The number of nitrogens with one attached hydrogen (secondary N) is 1. The molecule has 1 atom stereocenters. The fourth-order valence-electron chi connectivity index (χ4n) is 1.31. The van der Waals surface area contributed by atoms with Crippen LogP contribution in [0, 0.1) is 13.8 Å². The van der Waals surface area contributed by atoms with Crippen molar-refractivity contribution in [2.45, 2.75) is 26.3 Å². The molecule has 0 spiro atoms. The average molecular weight is 167 g/mol. The van der Waals surface area contributed by atoms with Crippen LogP contribution < -0.4 is 5.32 Å². The molecule has 0 radical (unpaired) electrons. The number of hydrogen-bond donors (Lipinski definition) is 1. The van der Waals surface area contributed by atoms with Gasteiger partial charge in [0.1, 0.15) is 0 Å². The zero-order chi connectivity index (χ0) is 7.84. The molecule has 2 heteroatoms. The lowest BCUT2D eigenvalue weighted by atomic mass is 10.1. The fourth-order valence-corrected chi connectivity index (χ4v) is 2.46. The van der Waals surface area contributed by atoms with Crippen molar-refractivity contribution < 1.29 is 0 Å². The van der Waals surface area contributed by atoms with Crippen molar-refractivity contribution in [1.29, 1.82) is 0 Å². The molecular weight excluding hydrogens is 154 g/mol. The second kappa shape index (κ2) is 2.61. The maximum Gasteiger partial charge on any atom is 0.0427 e. The predicted octanol–water partition coefficient (Wildman–Crippen LogP) is 2.40. The highest BCUT2D eigenvalue weighted by Crippen LogP contribution is 2.31. The highest BCUT2D eigenvalue weighted by Gasteiger charge is 2.20. The van der Waals surface area contributed by atoms with Gasteiger partial charge in [-0.15, -0.1) is 11.3 Å². The highest BCUT2D eigenvalue weighted by atomic mass is 32.1.